The van der Waals surface area contributed by atoms with E-state index in [9.17, 15) is 9.59 Å². The third kappa shape index (κ3) is 4.21. The molecule has 0 unspecified atom stereocenters. The summed E-state index contributed by atoms with van der Waals surface area (Å²) < 4.78 is 5.36. The number of aryl methyl sites for hydroxylation is 1. The molecule has 4 rings (SSSR count). The van der Waals surface area contributed by atoms with Crippen molar-refractivity contribution in [3.8, 4) is 5.75 Å². The second-order valence-corrected chi connectivity index (χ2v) is 8.22. The Balaban J connectivity index is 1.68. The zero-order valence-electron chi connectivity index (χ0n) is 16.7. The number of carbonyl (C=O) groups excluding carboxylic acids is 2. The Labute approximate surface area is 179 Å². The number of ether oxygens (including phenoxy) is 1. The van der Waals surface area contributed by atoms with Crippen LogP contribution in [0.5, 0.6) is 5.75 Å². The van der Waals surface area contributed by atoms with Crippen molar-refractivity contribution in [2.75, 3.05) is 17.7 Å². The van der Waals surface area contributed by atoms with E-state index in [2.05, 4.69) is 15.6 Å². The van der Waals surface area contributed by atoms with Crippen LogP contribution in [0.15, 0.2) is 48.8 Å². The third-order valence-electron chi connectivity index (χ3n) is 5.15. The van der Waals surface area contributed by atoms with Crippen molar-refractivity contribution in [2.45, 2.75) is 32.1 Å². The van der Waals surface area contributed by atoms with E-state index in [0.29, 0.717) is 27.6 Å². The molecule has 0 atom stereocenters. The molecule has 0 saturated heterocycles. The van der Waals surface area contributed by atoms with Gasteiger partial charge < -0.3 is 15.4 Å². The molecule has 0 fully saturated rings. The Morgan fingerprint density at radius 3 is 2.63 bits per heavy atom. The number of thiophene rings is 1. The van der Waals surface area contributed by atoms with Crippen LogP contribution in [-0.4, -0.2) is 23.9 Å². The van der Waals surface area contributed by atoms with Gasteiger partial charge in [-0.15, -0.1) is 11.3 Å². The summed E-state index contributed by atoms with van der Waals surface area (Å²) in [6.45, 7) is 0. The first-order valence-electron chi connectivity index (χ1n) is 9.97. The largest absolute Gasteiger partial charge is 0.495 e. The van der Waals surface area contributed by atoms with Gasteiger partial charge in [-0.1, -0.05) is 18.6 Å². The zero-order chi connectivity index (χ0) is 20.9. The number of nitrogens with zero attached hydrogens (tertiary/aromatic N) is 1. The lowest BCUT2D eigenvalue weighted by Gasteiger charge is -2.12. The molecule has 0 aliphatic heterocycles. The number of anilines is 2. The van der Waals surface area contributed by atoms with Gasteiger partial charge in [-0.3, -0.25) is 14.6 Å². The Hall–Kier alpha value is -3.19. The van der Waals surface area contributed by atoms with Gasteiger partial charge in [0.25, 0.3) is 11.8 Å². The summed E-state index contributed by atoms with van der Waals surface area (Å²) in [7, 11) is 1.57. The van der Waals surface area contributed by atoms with Crippen molar-refractivity contribution in [2.24, 2.45) is 0 Å². The molecule has 2 aromatic heterocycles. The Kier molecular flexibility index (Phi) is 6.09. The molecule has 0 radical (unpaired) electrons. The highest BCUT2D eigenvalue weighted by Gasteiger charge is 2.26. The Morgan fingerprint density at radius 1 is 1.00 bits per heavy atom. The molecule has 3 aromatic rings. The number of methoxy groups -OCH3 is 1. The molecule has 0 saturated carbocycles. The van der Waals surface area contributed by atoms with Gasteiger partial charge in [0, 0.05) is 17.3 Å². The van der Waals surface area contributed by atoms with E-state index in [4.69, 9.17) is 4.74 Å². The first kappa shape index (κ1) is 20.1. The van der Waals surface area contributed by atoms with E-state index >= 15 is 0 Å². The number of pyridine rings is 1. The van der Waals surface area contributed by atoms with Gasteiger partial charge >= 0.3 is 0 Å². The molecule has 154 valence electrons. The second-order valence-electron chi connectivity index (χ2n) is 7.12. The van der Waals surface area contributed by atoms with E-state index in [0.717, 1.165) is 37.7 Å². The number of nitrogens with one attached hydrogen (secondary N) is 2. The highest BCUT2D eigenvalue weighted by molar-refractivity contribution is 7.17. The van der Waals surface area contributed by atoms with E-state index in [1.807, 2.05) is 12.1 Å². The maximum absolute atomic E-state index is 13.3. The summed E-state index contributed by atoms with van der Waals surface area (Å²) in [5.41, 5.74) is 2.66. The van der Waals surface area contributed by atoms with E-state index in [1.165, 1.54) is 22.4 Å². The molecule has 1 aliphatic rings. The van der Waals surface area contributed by atoms with Crippen molar-refractivity contribution in [1.82, 2.24) is 4.98 Å². The molecule has 6 nitrogen and oxygen atoms in total. The predicted molar refractivity (Wildman–Crippen MR) is 119 cm³/mol. The van der Waals surface area contributed by atoms with Gasteiger partial charge in [-0.25, -0.2) is 0 Å². The van der Waals surface area contributed by atoms with Crippen LogP contribution in [0.25, 0.3) is 0 Å². The summed E-state index contributed by atoms with van der Waals surface area (Å²) in [5, 5.41) is 6.50. The number of amides is 2. The summed E-state index contributed by atoms with van der Waals surface area (Å²) in [4.78, 5) is 31.3. The predicted octanol–water partition coefficient (Wildman–Crippen LogP) is 4.93. The standard InChI is InChI=1S/C23H23N3O3S/c1-29-18-11-6-5-10-17(18)25-22(28)20-16-9-3-2-4-12-19(16)30-23(20)26-21(27)15-8-7-13-24-14-15/h5-8,10-11,13-14H,2-4,9,12H2,1H3,(H,25,28)(H,26,27). The summed E-state index contributed by atoms with van der Waals surface area (Å²) in [5.74, 6) is 0.0827. The second kappa shape index (κ2) is 9.09. The maximum atomic E-state index is 13.3. The topological polar surface area (TPSA) is 80.3 Å². The summed E-state index contributed by atoms with van der Waals surface area (Å²) >= 11 is 1.50. The van der Waals surface area contributed by atoms with Crippen LogP contribution in [-0.2, 0) is 12.8 Å². The number of hydrogen-bond acceptors (Lipinski definition) is 5. The third-order valence-corrected chi connectivity index (χ3v) is 6.36. The van der Waals surface area contributed by atoms with Crippen LogP contribution in [0.1, 0.15) is 50.4 Å². The van der Waals surface area contributed by atoms with Crippen molar-refractivity contribution >= 4 is 33.8 Å². The molecule has 0 spiro atoms. The molecular weight excluding hydrogens is 398 g/mol. The summed E-state index contributed by atoms with van der Waals surface area (Å²) in [6.07, 6.45) is 8.18. The number of aromatic nitrogens is 1. The van der Waals surface area contributed by atoms with Gasteiger partial charge in [0.2, 0.25) is 0 Å². The number of carbonyl (C=O) groups is 2. The highest BCUT2D eigenvalue weighted by atomic mass is 32.1. The molecule has 2 heterocycles. The van der Waals surface area contributed by atoms with Gasteiger partial charge in [0.15, 0.2) is 0 Å². The van der Waals surface area contributed by atoms with Crippen molar-refractivity contribution in [1.29, 1.82) is 0 Å². The first-order chi connectivity index (χ1) is 14.7. The molecule has 1 aromatic carbocycles. The smallest absolute Gasteiger partial charge is 0.259 e. The number of hydrogen-bond donors (Lipinski definition) is 2. The Morgan fingerprint density at radius 2 is 1.83 bits per heavy atom. The fraction of sp³-hybridized carbons (Fsp3) is 0.261. The normalized spacial score (nSPS) is 13.1. The molecule has 0 bridgehead atoms. The van der Waals surface area contributed by atoms with Crippen LogP contribution in [0.4, 0.5) is 10.7 Å². The quantitative estimate of drug-likeness (QED) is 0.573. The maximum Gasteiger partial charge on any atom is 0.259 e. The highest BCUT2D eigenvalue weighted by Crippen LogP contribution is 2.38. The van der Waals surface area contributed by atoms with Gasteiger partial charge in [-0.2, -0.15) is 0 Å². The van der Waals surface area contributed by atoms with Crippen LogP contribution in [0.3, 0.4) is 0 Å². The lowest BCUT2D eigenvalue weighted by atomic mass is 10.0. The molecule has 2 amide bonds. The number of fused-ring (bicyclic) bond motifs is 1. The fourth-order valence-corrected chi connectivity index (χ4v) is 4.96. The van der Waals surface area contributed by atoms with Gasteiger partial charge in [-0.05, 0) is 55.5 Å². The minimum atomic E-state index is -0.272. The van der Waals surface area contributed by atoms with E-state index in [1.54, 1.807) is 37.6 Å². The van der Waals surface area contributed by atoms with Crippen molar-refractivity contribution in [3.05, 3.63) is 70.4 Å². The number of para-hydroxylation sites is 2. The average Bonchev–Trinajstić information content (AvgIpc) is 2.95. The van der Waals surface area contributed by atoms with Crippen LogP contribution in [0, 0.1) is 0 Å². The average molecular weight is 422 g/mol. The van der Waals surface area contributed by atoms with Gasteiger partial charge in [0.1, 0.15) is 10.8 Å². The van der Waals surface area contributed by atoms with Crippen molar-refractivity contribution in [3.63, 3.8) is 0 Å². The minimum absolute atomic E-state index is 0.236. The SMILES string of the molecule is COc1ccccc1NC(=O)c1c(NC(=O)c2cccnc2)sc2c1CCCCC2. The van der Waals surface area contributed by atoms with Crippen LogP contribution < -0.4 is 15.4 Å². The zero-order valence-corrected chi connectivity index (χ0v) is 17.6. The lowest BCUT2D eigenvalue weighted by molar-refractivity contribution is 0.102. The van der Waals surface area contributed by atoms with Crippen molar-refractivity contribution < 1.29 is 14.3 Å². The first-order valence-corrected chi connectivity index (χ1v) is 10.8. The minimum Gasteiger partial charge on any atom is -0.495 e. The monoisotopic (exact) mass is 421 g/mol. The fourth-order valence-electron chi connectivity index (χ4n) is 3.68. The number of rotatable bonds is 5. The van der Waals surface area contributed by atoms with Crippen LogP contribution in [0.2, 0.25) is 0 Å². The Bertz CT molecular complexity index is 1060. The number of benzene rings is 1. The van der Waals surface area contributed by atoms with Crippen LogP contribution >= 0.6 is 11.3 Å². The lowest BCUT2D eigenvalue weighted by Crippen LogP contribution is -2.18. The molecule has 30 heavy (non-hydrogen) atoms. The molecule has 7 heteroatoms. The van der Waals surface area contributed by atoms with E-state index < -0.39 is 0 Å². The summed E-state index contributed by atoms with van der Waals surface area (Å²) in [6, 6.07) is 10.7. The van der Waals surface area contributed by atoms with Gasteiger partial charge in [0.05, 0.1) is 23.9 Å². The molecular formula is C23H23N3O3S. The van der Waals surface area contributed by atoms with E-state index in [-0.39, 0.29) is 11.8 Å². The molecule has 2 N–H and O–H groups in total. The molecule has 1 aliphatic carbocycles.